The van der Waals surface area contributed by atoms with E-state index in [2.05, 4.69) is 0 Å². The summed E-state index contributed by atoms with van der Waals surface area (Å²) in [5, 5.41) is 0.706. The lowest BCUT2D eigenvalue weighted by atomic mass is 9.99. The van der Waals surface area contributed by atoms with Crippen LogP contribution in [0.3, 0.4) is 0 Å². The number of hydrogen-bond donors (Lipinski definition) is 0. The minimum absolute atomic E-state index is 0.143. The molecule has 0 bridgehead atoms. The molecule has 0 aliphatic carbocycles. The van der Waals surface area contributed by atoms with Gasteiger partial charge in [-0.2, -0.15) is 0 Å². The molecule has 5 nitrogen and oxygen atoms in total. The molecule has 2 heterocycles. The Bertz CT molecular complexity index is 517. The van der Waals surface area contributed by atoms with E-state index in [9.17, 15) is 4.79 Å². The van der Waals surface area contributed by atoms with Crippen molar-refractivity contribution in [2.24, 2.45) is 5.92 Å². The molecule has 0 N–H and O–H groups in total. The van der Waals surface area contributed by atoms with Gasteiger partial charge in [0.15, 0.2) is 0 Å². The summed E-state index contributed by atoms with van der Waals surface area (Å²) in [6.07, 6.45) is 2.13. The van der Waals surface area contributed by atoms with Gasteiger partial charge in [0.1, 0.15) is 5.75 Å². The van der Waals surface area contributed by atoms with Crippen LogP contribution in [0.4, 0.5) is 4.79 Å². The molecule has 0 radical (unpaired) electrons. The topological polar surface area (TPSA) is 42.0 Å². The molecule has 2 fully saturated rings. The molecule has 3 rings (SSSR count). The Balaban J connectivity index is 1.49. The van der Waals surface area contributed by atoms with E-state index < -0.39 is 0 Å². The average molecular weight is 339 g/mol. The Hall–Kier alpha value is -1.46. The fourth-order valence-corrected chi connectivity index (χ4v) is 3.20. The summed E-state index contributed by atoms with van der Waals surface area (Å²) in [5.74, 6) is 1.20. The van der Waals surface area contributed by atoms with Crippen LogP contribution < -0.4 is 4.74 Å². The van der Waals surface area contributed by atoms with E-state index in [1.807, 2.05) is 34.1 Å². The van der Waals surface area contributed by atoms with Crippen LogP contribution in [0.2, 0.25) is 5.02 Å². The van der Waals surface area contributed by atoms with E-state index >= 15 is 0 Å². The van der Waals surface area contributed by atoms with Crippen molar-refractivity contribution in [3.8, 4) is 5.75 Å². The minimum atomic E-state index is 0.143. The zero-order valence-electron chi connectivity index (χ0n) is 13.2. The number of benzene rings is 1. The number of rotatable bonds is 3. The lowest BCUT2D eigenvalue weighted by molar-refractivity contribution is 0.0374. The van der Waals surface area contributed by atoms with E-state index in [0.717, 1.165) is 31.7 Å². The molecule has 2 aliphatic heterocycles. The largest absolute Gasteiger partial charge is 0.493 e. The highest BCUT2D eigenvalue weighted by Crippen LogP contribution is 2.21. The normalized spacial score (nSPS) is 22.0. The van der Waals surface area contributed by atoms with Gasteiger partial charge in [-0.05, 0) is 37.1 Å². The molecule has 23 heavy (non-hydrogen) atoms. The van der Waals surface area contributed by atoms with Crippen molar-refractivity contribution in [2.75, 3.05) is 46.0 Å². The summed E-state index contributed by atoms with van der Waals surface area (Å²) >= 11 is 5.88. The fraction of sp³-hybridized carbons (Fsp3) is 0.588. The van der Waals surface area contributed by atoms with E-state index in [1.54, 1.807) is 0 Å². The first kappa shape index (κ1) is 16.4. The first-order valence-electron chi connectivity index (χ1n) is 8.22. The van der Waals surface area contributed by atoms with Gasteiger partial charge >= 0.3 is 6.03 Å². The van der Waals surface area contributed by atoms with E-state index in [1.165, 1.54) is 0 Å². The highest BCUT2D eigenvalue weighted by molar-refractivity contribution is 6.30. The lowest BCUT2D eigenvalue weighted by Gasteiger charge is -2.37. The summed E-state index contributed by atoms with van der Waals surface area (Å²) < 4.78 is 11.2. The van der Waals surface area contributed by atoms with Crippen LogP contribution in [-0.2, 0) is 4.74 Å². The van der Waals surface area contributed by atoms with Crippen molar-refractivity contribution in [3.05, 3.63) is 29.3 Å². The van der Waals surface area contributed by atoms with Gasteiger partial charge in [-0.25, -0.2) is 4.79 Å². The third-order valence-electron chi connectivity index (χ3n) is 4.37. The number of hydrogen-bond acceptors (Lipinski definition) is 3. The second-order valence-electron chi connectivity index (χ2n) is 6.10. The van der Waals surface area contributed by atoms with Gasteiger partial charge in [0.05, 0.1) is 19.8 Å². The standard InChI is InChI=1S/C17H23ClN2O3/c18-15-3-5-16(6-4-15)23-13-14-2-1-7-20(12-14)17(21)19-8-10-22-11-9-19/h3-6,14H,1-2,7-13H2. The van der Waals surface area contributed by atoms with E-state index in [-0.39, 0.29) is 6.03 Å². The number of nitrogens with zero attached hydrogens (tertiary/aromatic N) is 2. The number of carbonyl (C=O) groups excluding carboxylic acids is 1. The number of urea groups is 1. The van der Waals surface area contributed by atoms with Crippen molar-refractivity contribution in [1.29, 1.82) is 0 Å². The van der Waals surface area contributed by atoms with Crippen molar-refractivity contribution in [1.82, 2.24) is 9.80 Å². The number of ether oxygens (including phenoxy) is 2. The minimum Gasteiger partial charge on any atom is -0.493 e. The van der Waals surface area contributed by atoms with Crippen LogP contribution in [0.15, 0.2) is 24.3 Å². The summed E-state index contributed by atoms with van der Waals surface area (Å²) in [7, 11) is 0. The molecule has 1 unspecified atom stereocenters. The highest BCUT2D eigenvalue weighted by Gasteiger charge is 2.28. The maximum Gasteiger partial charge on any atom is 0.320 e. The smallest absolute Gasteiger partial charge is 0.320 e. The predicted octanol–water partition coefficient (Wildman–Crippen LogP) is 2.88. The molecule has 0 saturated carbocycles. The summed E-state index contributed by atoms with van der Waals surface area (Å²) in [5.41, 5.74) is 0. The lowest BCUT2D eigenvalue weighted by Crippen LogP contribution is -2.51. The number of carbonyl (C=O) groups is 1. The van der Waals surface area contributed by atoms with Crippen LogP contribution in [0.5, 0.6) is 5.75 Å². The van der Waals surface area contributed by atoms with Crippen molar-refractivity contribution < 1.29 is 14.3 Å². The molecule has 0 aromatic heterocycles. The Morgan fingerprint density at radius 2 is 1.91 bits per heavy atom. The van der Waals surface area contributed by atoms with Gasteiger partial charge in [0.25, 0.3) is 0 Å². The van der Waals surface area contributed by atoms with Crippen molar-refractivity contribution in [2.45, 2.75) is 12.8 Å². The second-order valence-corrected chi connectivity index (χ2v) is 6.54. The maximum atomic E-state index is 12.6. The van der Waals surface area contributed by atoms with Crippen LogP contribution in [0, 0.1) is 5.92 Å². The van der Waals surface area contributed by atoms with Gasteiger partial charge in [-0.3, -0.25) is 0 Å². The van der Waals surface area contributed by atoms with Gasteiger partial charge in [0.2, 0.25) is 0 Å². The summed E-state index contributed by atoms with van der Waals surface area (Å²) in [6.45, 7) is 4.92. The third kappa shape index (κ3) is 4.52. The number of halogens is 1. The van der Waals surface area contributed by atoms with Crippen molar-refractivity contribution >= 4 is 17.6 Å². The van der Waals surface area contributed by atoms with Gasteiger partial charge < -0.3 is 19.3 Å². The molecule has 1 aromatic carbocycles. The Labute approximate surface area is 142 Å². The van der Waals surface area contributed by atoms with Crippen molar-refractivity contribution in [3.63, 3.8) is 0 Å². The van der Waals surface area contributed by atoms with E-state index in [0.29, 0.717) is 43.9 Å². The number of likely N-dealkylation sites (tertiary alicyclic amines) is 1. The molecule has 2 amide bonds. The summed E-state index contributed by atoms with van der Waals surface area (Å²) in [6, 6.07) is 7.55. The molecule has 1 atom stereocenters. The molecule has 1 aromatic rings. The second kappa shape index (κ2) is 7.88. The Morgan fingerprint density at radius 1 is 1.17 bits per heavy atom. The van der Waals surface area contributed by atoms with Crippen LogP contribution >= 0.6 is 11.6 Å². The molecule has 6 heteroatoms. The Morgan fingerprint density at radius 3 is 2.65 bits per heavy atom. The van der Waals surface area contributed by atoms with Crippen LogP contribution in [0.25, 0.3) is 0 Å². The molecule has 2 saturated heterocycles. The van der Waals surface area contributed by atoms with E-state index in [4.69, 9.17) is 21.1 Å². The maximum absolute atomic E-state index is 12.6. The molecule has 2 aliphatic rings. The average Bonchev–Trinajstić information content (AvgIpc) is 2.61. The quantitative estimate of drug-likeness (QED) is 0.851. The highest BCUT2D eigenvalue weighted by atomic mass is 35.5. The Kier molecular flexibility index (Phi) is 5.62. The van der Waals surface area contributed by atoms with Gasteiger partial charge in [-0.15, -0.1) is 0 Å². The zero-order chi connectivity index (χ0) is 16.1. The third-order valence-corrected chi connectivity index (χ3v) is 4.62. The molecular formula is C17H23ClN2O3. The number of piperidine rings is 1. The number of amides is 2. The zero-order valence-corrected chi connectivity index (χ0v) is 14.0. The first-order chi connectivity index (χ1) is 11.2. The predicted molar refractivity (Wildman–Crippen MR) is 89.0 cm³/mol. The van der Waals surface area contributed by atoms with Gasteiger partial charge in [-0.1, -0.05) is 11.6 Å². The fourth-order valence-electron chi connectivity index (χ4n) is 3.07. The van der Waals surface area contributed by atoms with Gasteiger partial charge in [0, 0.05) is 37.1 Å². The first-order valence-corrected chi connectivity index (χ1v) is 8.60. The van der Waals surface area contributed by atoms with Crippen LogP contribution in [0.1, 0.15) is 12.8 Å². The van der Waals surface area contributed by atoms with Crippen LogP contribution in [-0.4, -0.2) is 61.8 Å². The molecular weight excluding hydrogens is 316 g/mol. The summed E-state index contributed by atoms with van der Waals surface area (Å²) in [4.78, 5) is 16.4. The molecule has 0 spiro atoms. The SMILES string of the molecule is O=C(N1CCOCC1)N1CCCC(COc2ccc(Cl)cc2)C1. The number of morpholine rings is 1. The monoisotopic (exact) mass is 338 g/mol. The molecule has 126 valence electrons.